The van der Waals surface area contributed by atoms with E-state index in [4.69, 9.17) is 19.1 Å². The highest BCUT2D eigenvalue weighted by atomic mass is 32.2. The van der Waals surface area contributed by atoms with Crippen LogP contribution in [0, 0.1) is 23.1 Å². The summed E-state index contributed by atoms with van der Waals surface area (Å²) in [7, 11) is -3.88. The first kappa shape index (κ1) is 30.9. The predicted molar refractivity (Wildman–Crippen MR) is 171 cm³/mol. The van der Waals surface area contributed by atoms with Gasteiger partial charge in [0.25, 0.3) is 5.89 Å². The van der Waals surface area contributed by atoms with Crippen molar-refractivity contribution in [3.8, 4) is 28.7 Å². The molecule has 7 rings (SSSR count). The summed E-state index contributed by atoms with van der Waals surface area (Å²) in [6.45, 7) is 3.94. The second kappa shape index (κ2) is 11.8. The van der Waals surface area contributed by atoms with Gasteiger partial charge in [0.15, 0.2) is 15.4 Å². The van der Waals surface area contributed by atoms with E-state index in [1.165, 1.54) is 22.9 Å². The lowest BCUT2D eigenvalue weighted by Gasteiger charge is -2.19. The maximum Gasteiger partial charge on any atom is 0.434 e. The molecule has 1 aliphatic heterocycles. The van der Waals surface area contributed by atoms with E-state index >= 15 is 0 Å². The first-order valence-electron chi connectivity index (χ1n) is 15.1. The number of rotatable bonds is 8. The fourth-order valence-corrected chi connectivity index (χ4v) is 8.39. The number of fused-ring (bicyclic) bond motifs is 2. The average Bonchev–Trinajstić information content (AvgIpc) is 3.72. The van der Waals surface area contributed by atoms with Gasteiger partial charge in [-0.05, 0) is 66.3 Å². The van der Waals surface area contributed by atoms with Gasteiger partial charge >= 0.3 is 11.5 Å². The van der Waals surface area contributed by atoms with Gasteiger partial charge in [0.1, 0.15) is 11.9 Å². The van der Waals surface area contributed by atoms with Crippen LogP contribution >= 0.6 is 0 Å². The highest BCUT2D eigenvalue weighted by Gasteiger charge is 2.42. The van der Waals surface area contributed by atoms with Crippen LogP contribution in [0.1, 0.15) is 48.0 Å². The van der Waals surface area contributed by atoms with Crippen molar-refractivity contribution in [2.24, 2.45) is 5.92 Å². The molecule has 0 saturated heterocycles. The molecular weight excluding hydrogens is 639 g/mol. The summed E-state index contributed by atoms with van der Waals surface area (Å²) in [6, 6.07) is 16.2. The molecule has 5 heterocycles. The Kier molecular flexibility index (Phi) is 7.63. The normalized spacial score (nSPS) is 15.2. The van der Waals surface area contributed by atoms with Crippen molar-refractivity contribution in [3.63, 3.8) is 0 Å². The van der Waals surface area contributed by atoms with E-state index in [1.54, 1.807) is 42.5 Å². The van der Waals surface area contributed by atoms with Crippen LogP contribution in [0.5, 0.6) is 0 Å². The molecule has 48 heavy (non-hydrogen) atoms. The lowest BCUT2D eigenvalue weighted by atomic mass is 9.89. The number of pyridine rings is 2. The number of H-pyrrole nitrogens is 1. The smallest absolute Gasteiger partial charge is 0.408 e. The molecule has 1 atom stereocenters. The number of nitriles is 1. The fourth-order valence-electron chi connectivity index (χ4n) is 6.17. The molecule has 0 amide bonds. The van der Waals surface area contributed by atoms with Crippen LogP contribution in [-0.2, 0) is 29.2 Å². The summed E-state index contributed by atoms with van der Waals surface area (Å²) in [4.78, 5) is 34.4. The number of aryl methyl sites for hydroxylation is 2. The minimum Gasteiger partial charge on any atom is -0.408 e. The van der Waals surface area contributed by atoms with Gasteiger partial charge in [0, 0.05) is 17.7 Å². The number of hydrogen-bond donors (Lipinski definition) is 1. The maximum atomic E-state index is 13.9. The number of oxazole rings is 1. The van der Waals surface area contributed by atoms with E-state index in [9.17, 15) is 22.4 Å². The van der Waals surface area contributed by atoms with Crippen LogP contribution in [0.2, 0.25) is 0 Å². The Bertz CT molecular complexity index is 2470. The van der Waals surface area contributed by atoms with Gasteiger partial charge in [0.05, 0.1) is 50.9 Å². The van der Waals surface area contributed by atoms with Gasteiger partial charge in [0.2, 0.25) is 0 Å². The largest absolute Gasteiger partial charge is 0.434 e. The van der Waals surface area contributed by atoms with Gasteiger partial charge in [-0.1, -0.05) is 32.0 Å². The molecule has 0 aliphatic carbocycles. The highest BCUT2D eigenvalue weighted by Crippen LogP contribution is 2.48. The molecule has 6 aromatic rings. The molecule has 0 spiro atoms. The molecule has 0 unspecified atom stereocenters. The lowest BCUT2D eigenvalue weighted by Crippen LogP contribution is -2.15. The van der Waals surface area contributed by atoms with Crippen molar-refractivity contribution >= 4 is 20.9 Å². The van der Waals surface area contributed by atoms with Crippen LogP contribution in [-0.4, -0.2) is 38.9 Å². The number of nitrogens with zero attached hydrogens (tertiary/aromatic N) is 5. The zero-order valence-corrected chi connectivity index (χ0v) is 26.5. The quantitative estimate of drug-likeness (QED) is 0.238. The third-order valence-corrected chi connectivity index (χ3v) is 10.4. The van der Waals surface area contributed by atoms with Crippen molar-refractivity contribution in [3.05, 3.63) is 116 Å². The summed E-state index contributed by atoms with van der Waals surface area (Å²) in [6.07, 6.45) is 2.12. The molecule has 0 radical (unpaired) electrons. The monoisotopic (exact) mass is 666 g/mol. The van der Waals surface area contributed by atoms with E-state index in [1.807, 2.05) is 19.9 Å². The third-order valence-electron chi connectivity index (χ3n) is 8.57. The van der Waals surface area contributed by atoms with Crippen molar-refractivity contribution in [1.82, 2.24) is 24.7 Å². The van der Waals surface area contributed by atoms with Crippen molar-refractivity contribution in [2.75, 3.05) is 5.75 Å². The van der Waals surface area contributed by atoms with Gasteiger partial charge in [-0.2, -0.15) is 5.26 Å². The molecule has 0 fully saturated rings. The number of halogens is 1. The van der Waals surface area contributed by atoms with Crippen molar-refractivity contribution in [1.29, 1.82) is 5.26 Å². The van der Waals surface area contributed by atoms with Gasteiger partial charge in [-0.15, -0.1) is 5.10 Å². The van der Waals surface area contributed by atoms with E-state index in [2.05, 4.69) is 15.2 Å². The summed E-state index contributed by atoms with van der Waals surface area (Å²) in [5, 5.41) is 15.4. The molecule has 14 heteroatoms. The number of aromatic nitrogens is 5. The molecule has 2 aromatic carbocycles. The number of nitrogens with one attached hydrogen (secondary N) is 1. The number of benzene rings is 2. The minimum atomic E-state index is -3.88. The van der Waals surface area contributed by atoms with Crippen LogP contribution in [0.3, 0.4) is 0 Å². The van der Waals surface area contributed by atoms with Gasteiger partial charge in [-0.25, -0.2) is 27.5 Å². The minimum absolute atomic E-state index is 0.00953. The Morgan fingerprint density at radius 2 is 1.85 bits per heavy atom. The Balaban J connectivity index is 1.44. The van der Waals surface area contributed by atoms with E-state index in [0.29, 0.717) is 40.1 Å². The average molecular weight is 667 g/mol. The maximum absolute atomic E-state index is 13.9. The van der Waals surface area contributed by atoms with E-state index in [-0.39, 0.29) is 57.9 Å². The topological polar surface area (TPSA) is 178 Å². The van der Waals surface area contributed by atoms with Gasteiger partial charge in [-0.3, -0.25) is 14.5 Å². The summed E-state index contributed by atoms with van der Waals surface area (Å²) in [5.41, 5.74) is 4.04. The zero-order chi connectivity index (χ0) is 33.7. The summed E-state index contributed by atoms with van der Waals surface area (Å²) in [5.74, 6) is -2.63. The fraction of sp³-hybridized carbons (Fsp3) is 0.235. The second-order valence-corrected chi connectivity index (χ2v) is 14.0. The summed E-state index contributed by atoms with van der Waals surface area (Å²) >= 11 is 0. The Hall–Kier alpha value is -5.68. The Labute approximate surface area is 272 Å². The number of sulfone groups is 1. The van der Waals surface area contributed by atoms with E-state index in [0.717, 1.165) is 5.56 Å². The molecule has 4 aromatic heterocycles. The zero-order valence-electron chi connectivity index (χ0n) is 25.7. The molecule has 242 valence electrons. The first-order valence-corrected chi connectivity index (χ1v) is 16.8. The molecule has 1 N–H and O–H groups in total. The van der Waals surface area contributed by atoms with Crippen molar-refractivity contribution < 1.29 is 21.6 Å². The molecular formula is C34H27FN6O6S. The van der Waals surface area contributed by atoms with E-state index < -0.39 is 27.3 Å². The van der Waals surface area contributed by atoms with Crippen LogP contribution in [0.25, 0.3) is 33.7 Å². The number of hydrogen-bond acceptors (Lipinski definition) is 10. The summed E-state index contributed by atoms with van der Waals surface area (Å²) < 4.78 is 54.0. The molecule has 12 nitrogen and oxygen atoms in total. The van der Waals surface area contributed by atoms with Crippen LogP contribution in [0.4, 0.5) is 4.39 Å². The molecule has 1 aliphatic rings. The molecule has 0 saturated carbocycles. The second-order valence-electron chi connectivity index (χ2n) is 12.0. The standard InChI is InChI=1S/C34H27FN6O6S/c1-18(2)24-17-48(44,45)31-28(21-7-12-26-27(13-21)46-34(43)41(26)16-23-10-5-20(14-36)15-37-23)29(32-39-40-33(42)47-32)25(38-30(24)31)11-6-19-3-8-22(35)9-4-19/h3-5,7-10,12-13,15,18,24H,6,11,16-17H2,1-2H3,(H,40,42)/t24-/m0/s1. The lowest BCUT2D eigenvalue weighted by molar-refractivity contribution is 0.516. The molecule has 0 bridgehead atoms. The Morgan fingerprint density at radius 1 is 1.06 bits per heavy atom. The predicted octanol–water partition coefficient (Wildman–Crippen LogP) is 4.77. The third kappa shape index (κ3) is 5.51. The van der Waals surface area contributed by atoms with Crippen molar-refractivity contribution in [2.45, 2.75) is 44.0 Å². The SMILES string of the molecule is CC(C)[C@@H]1CS(=O)(=O)c2c1nc(CCc1ccc(F)cc1)c(-c1n[nH]c(=O)o1)c2-c1ccc2c(c1)oc(=O)n2Cc1ccc(C#N)cn1. The number of aromatic amines is 1. The van der Waals surface area contributed by atoms with Crippen LogP contribution in [0.15, 0.2) is 84.1 Å². The van der Waals surface area contributed by atoms with Gasteiger partial charge < -0.3 is 8.83 Å². The highest BCUT2D eigenvalue weighted by molar-refractivity contribution is 7.92. The Morgan fingerprint density at radius 3 is 2.52 bits per heavy atom. The van der Waals surface area contributed by atoms with Crippen LogP contribution < -0.4 is 11.5 Å². The first-order chi connectivity index (χ1) is 23.0.